The first-order valence-electron chi connectivity index (χ1n) is 6.75. The van der Waals surface area contributed by atoms with Gasteiger partial charge in [-0.1, -0.05) is 31.5 Å². The Hall–Kier alpha value is -1.22. The number of halogens is 1. The lowest BCUT2D eigenvalue weighted by molar-refractivity contribution is -0.124. The molecule has 2 nitrogen and oxygen atoms in total. The standard InChI is InChI=1S/C15H20FNO/c1-2-14(18)15(17-10-6-3-7-11-17)12-8-4-5-9-13(12)16/h4-5,8-9,15H,2-3,6-7,10-11H2,1H3/t15-/m1/s1. The molecule has 1 fully saturated rings. The molecular formula is C15H20FNO. The summed E-state index contributed by atoms with van der Waals surface area (Å²) in [4.78, 5) is 14.3. The van der Waals surface area contributed by atoms with Gasteiger partial charge in [0.15, 0.2) is 5.78 Å². The smallest absolute Gasteiger partial charge is 0.154 e. The van der Waals surface area contributed by atoms with Crippen molar-refractivity contribution < 1.29 is 9.18 Å². The fraction of sp³-hybridized carbons (Fsp3) is 0.533. The molecule has 1 atom stereocenters. The maximum absolute atomic E-state index is 13.9. The number of hydrogen-bond donors (Lipinski definition) is 0. The van der Waals surface area contributed by atoms with Crippen LogP contribution in [0, 0.1) is 5.82 Å². The number of carbonyl (C=O) groups is 1. The van der Waals surface area contributed by atoms with Crippen molar-refractivity contribution in [1.82, 2.24) is 4.90 Å². The fourth-order valence-corrected chi connectivity index (χ4v) is 2.64. The Morgan fingerprint density at radius 1 is 1.28 bits per heavy atom. The number of rotatable bonds is 4. The lowest BCUT2D eigenvalue weighted by Crippen LogP contribution is -2.38. The summed E-state index contributed by atoms with van der Waals surface area (Å²) in [6.45, 7) is 3.63. The molecule has 0 amide bonds. The van der Waals surface area contributed by atoms with E-state index in [0.717, 1.165) is 25.9 Å². The molecule has 2 rings (SSSR count). The highest BCUT2D eigenvalue weighted by Gasteiger charge is 2.29. The van der Waals surface area contributed by atoms with Crippen molar-refractivity contribution in [1.29, 1.82) is 0 Å². The molecule has 0 spiro atoms. The molecule has 98 valence electrons. The van der Waals surface area contributed by atoms with Crippen LogP contribution in [-0.2, 0) is 4.79 Å². The predicted molar refractivity (Wildman–Crippen MR) is 69.9 cm³/mol. The van der Waals surface area contributed by atoms with Crippen LogP contribution in [0.4, 0.5) is 4.39 Å². The number of piperidine rings is 1. The van der Waals surface area contributed by atoms with Crippen LogP contribution in [0.5, 0.6) is 0 Å². The number of benzene rings is 1. The summed E-state index contributed by atoms with van der Waals surface area (Å²) >= 11 is 0. The number of ketones is 1. The Kier molecular flexibility index (Phi) is 4.48. The van der Waals surface area contributed by atoms with Crippen LogP contribution >= 0.6 is 0 Å². The first kappa shape index (κ1) is 13.2. The van der Waals surface area contributed by atoms with Crippen LogP contribution in [0.15, 0.2) is 24.3 Å². The van der Waals surface area contributed by atoms with Crippen LogP contribution in [0.1, 0.15) is 44.2 Å². The minimum Gasteiger partial charge on any atom is -0.298 e. The Morgan fingerprint density at radius 2 is 1.94 bits per heavy atom. The fourth-order valence-electron chi connectivity index (χ4n) is 2.64. The lowest BCUT2D eigenvalue weighted by Gasteiger charge is -2.33. The van der Waals surface area contributed by atoms with Crippen molar-refractivity contribution >= 4 is 5.78 Å². The molecule has 1 aliphatic heterocycles. The highest BCUT2D eigenvalue weighted by molar-refractivity contribution is 5.85. The molecule has 0 aromatic heterocycles. The second-order valence-electron chi connectivity index (χ2n) is 4.84. The molecule has 1 aromatic rings. The maximum Gasteiger partial charge on any atom is 0.154 e. The molecule has 18 heavy (non-hydrogen) atoms. The van der Waals surface area contributed by atoms with Crippen LogP contribution in [-0.4, -0.2) is 23.8 Å². The van der Waals surface area contributed by atoms with Gasteiger partial charge in [0, 0.05) is 12.0 Å². The van der Waals surface area contributed by atoms with E-state index < -0.39 is 6.04 Å². The molecule has 1 aromatic carbocycles. The number of nitrogens with zero attached hydrogens (tertiary/aromatic N) is 1. The van der Waals surface area contributed by atoms with Gasteiger partial charge in [0.1, 0.15) is 5.82 Å². The van der Waals surface area contributed by atoms with Crippen molar-refractivity contribution in [2.24, 2.45) is 0 Å². The summed E-state index contributed by atoms with van der Waals surface area (Å²) < 4.78 is 13.9. The molecule has 1 saturated heterocycles. The van der Waals surface area contributed by atoms with Gasteiger partial charge in [0.2, 0.25) is 0 Å². The maximum atomic E-state index is 13.9. The van der Waals surface area contributed by atoms with Crippen LogP contribution < -0.4 is 0 Å². The molecule has 1 aliphatic rings. The Balaban J connectivity index is 2.30. The highest BCUT2D eigenvalue weighted by Crippen LogP contribution is 2.28. The molecule has 1 heterocycles. The summed E-state index contributed by atoms with van der Waals surface area (Å²) in [5, 5.41) is 0. The zero-order valence-electron chi connectivity index (χ0n) is 10.9. The average Bonchev–Trinajstić information content (AvgIpc) is 2.42. The van der Waals surface area contributed by atoms with Crippen LogP contribution in [0.25, 0.3) is 0 Å². The third-order valence-electron chi connectivity index (χ3n) is 3.61. The van der Waals surface area contributed by atoms with Crippen molar-refractivity contribution in [3.8, 4) is 0 Å². The van der Waals surface area contributed by atoms with E-state index in [0.29, 0.717) is 12.0 Å². The van der Waals surface area contributed by atoms with Crippen LogP contribution in [0.2, 0.25) is 0 Å². The second-order valence-corrected chi connectivity index (χ2v) is 4.84. The first-order valence-corrected chi connectivity index (χ1v) is 6.75. The Labute approximate surface area is 108 Å². The normalized spacial score (nSPS) is 18.6. The molecular weight excluding hydrogens is 229 g/mol. The molecule has 0 saturated carbocycles. The molecule has 0 radical (unpaired) electrons. The van der Waals surface area contributed by atoms with E-state index in [2.05, 4.69) is 4.90 Å². The van der Waals surface area contributed by atoms with Gasteiger partial charge >= 0.3 is 0 Å². The summed E-state index contributed by atoms with van der Waals surface area (Å²) in [6, 6.07) is 6.26. The number of likely N-dealkylation sites (tertiary alicyclic amines) is 1. The Bertz CT molecular complexity index is 413. The third kappa shape index (κ3) is 2.78. The number of hydrogen-bond acceptors (Lipinski definition) is 2. The molecule has 0 N–H and O–H groups in total. The molecule has 0 bridgehead atoms. The van der Waals surface area contributed by atoms with Gasteiger partial charge in [0.05, 0.1) is 6.04 Å². The van der Waals surface area contributed by atoms with Crippen molar-refractivity contribution in [2.45, 2.75) is 38.6 Å². The zero-order chi connectivity index (χ0) is 13.0. The monoisotopic (exact) mass is 249 g/mol. The van der Waals surface area contributed by atoms with Gasteiger partial charge in [-0.05, 0) is 32.0 Å². The van der Waals surface area contributed by atoms with Crippen molar-refractivity contribution in [3.63, 3.8) is 0 Å². The van der Waals surface area contributed by atoms with E-state index in [9.17, 15) is 9.18 Å². The topological polar surface area (TPSA) is 20.3 Å². The van der Waals surface area contributed by atoms with E-state index in [1.54, 1.807) is 18.2 Å². The van der Waals surface area contributed by atoms with Gasteiger partial charge in [-0.25, -0.2) is 4.39 Å². The minimum atomic E-state index is -0.392. The lowest BCUT2D eigenvalue weighted by atomic mass is 9.96. The summed E-state index contributed by atoms with van der Waals surface area (Å²) in [5.74, 6) is -0.156. The predicted octanol–water partition coefficient (Wildman–Crippen LogP) is 3.33. The average molecular weight is 249 g/mol. The van der Waals surface area contributed by atoms with E-state index in [-0.39, 0.29) is 11.6 Å². The molecule has 3 heteroatoms. The van der Waals surface area contributed by atoms with Gasteiger partial charge in [-0.3, -0.25) is 9.69 Å². The van der Waals surface area contributed by atoms with Crippen LogP contribution in [0.3, 0.4) is 0 Å². The van der Waals surface area contributed by atoms with Gasteiger partial charge in [0.25, 0.3) is 0 Å². The molecule has 0 unspecified atom stereocenters. The van der Waals surface area contributed by atoms with E-state index in [4.69, 9.17) is 0 Å². The second kappa shape index (κ2) is 6.10. The molecule has 0 aliphatic carbocycles. The Morgan fingerprint density at radius 3 is 2.56 bits per heavy atom. The summed E-state index contributed by atoms with van der Waals surface area (Å²) in [5.41, 5.74) is 0.534. The van der Waals surface area contributed by atoms with Gasteiger partial charge < -0.3 is 0 Å². The van der Waals surface area contributed by atoms with E-state index >= 15 is 0 Å². The highest BCUT2D eigenvalue weighted by atomic mass is 19.1. The SMILES string of the molecule is CCC(=O)[C@@H](c1ccccc1F)N1CCCCC1. The van der Waals surface area contributed by atoms with E-state index in [1.165, 1.54) is 12.5 Å². The van der Waals surface area contributed by atoms with Gasteiger partial charge in [-0.15, -0.1) is 0 Å². The van der Waals surface area contributed by atoms with Crippen molar-refractivity contribution in [3.05, 3.63) is 35.6 Å². The largest absolute Gasteiger partial charge is 0.298 e. The third-order valence-corrected chi connectivity index (χ3v) is 3.61. The minimum absolute atomic E-state index is 0.113. The summed E-state index contributed by atoms with van der Waals surface area (Å²) in [6.07, 6.45) is 3.86. The van der Waals surface area contributed by atoms with E-state index in [1.807, 2.05) is 6.92 Å². The van der Waals surface area contributed by atoms with Gasteiger partial charge in [-0.2, -0.15) is 0 Å². The first-order chi connectivity index (χ1) is 8.74. The summed E-state index contributed by atoms with van der Waals surface area (Å²) in [7, 11) is 0. The number of Topliss-reactive ketones (excluding diaryl/α,β-unsaturated/α-hetero) is 1. The number of carbonyl (C=O) groups excluding carboxylic acids is 1. The van der Waals surface area contributed by atoms with Crippen molar-refractivity contribution in [2.75, 3.05) is 13.1 Å². The zero-order valence-corrected chi connectivity index (χ0v) is 10.9. The quantitative estimate of drug-likeness (QED) is 0.815.